The van der Waals surface area contributed by atoms with E-state index in [4.69, 9.17) is 9.07 Å². The van der Waals surface area contributed by atoms with E-state index in [1.807, 2.05) is 13.8 Å². The molecule has 0 spiro atoms. The van der Waals surface area contributed by atoms with Gasteiger partial charge in [0.25, 0.3) is 0 Å². The Labute approximate surface area is 66.1 Å². The first-order chi connectivity index (χ1) is 5.20. The van der Waals surface area contributed by atoms with Gasteiger partial charge in [-0.3, -0.25) is 0 Å². The van der Waals surface area contributed by atoms with Gasteiger partial charge in [0.05, 0.1) is 12.5 Å². The first-order valence-electron chi connectivity index (χ1n) is 3.56. The van der Waals surface area contributed by atoms with Gasteiger partial charge in [0.15, 0.2) is 0 Å². The molecule has 0 saturated heterocycles. The minimum atomic E-state index is -0.867. The van der Waals surface area contributed by atoms with Gasteiger partial charge < -0.3 is 14.1 Å². The molecule has 1 aromatic heterocycles. The van der Waals surface area contributed by atoms with Crippen LogP contribution in [0.1, 0.15) is 13.8 Å². The van der Waals surface area contributed by atoms with E-state index in [1.165, 1.54) is 12.5 Å². The molecule has 0 radical (unpaired) electrons. The van der Waals surface area contributed by atoms with Gasteiger partial charge in [-0.25, -0.2) is 0 Å². The Kier molecular flexibility index (Phi) is 2.73. The molecule has 4 heteroatoms. The van der Waals surface area contributed by atoms with Crippen molar-refractivity contribution in [3.05, 3.63) is 18.6 Å². The fourth-order valence-electron chi connectivity index (χ4n) is 0.752. The quantitative estimate of drug-likeness (QED) is 0.640. The highest BCUT2D eigenvalue weighted by Crippen LogP contribution is 1.93. The molecule has 0 unspecified atom stereocenters. The van der Waals surface area contributed by atoms with Crippen molar-refractivity contribution < 1.29 is 14.1 Å². The van der Waals surface area contributed by atoms with E-state index in [0.717, 1.165) is 0 Å². The summed E-state index contributed by atoms with van der Waals surface area (Å²) in [6, 6.07) is 1.67. The fourth-order valence-corrected chi connectivity index (χ4v) is 0.752. The molecule has 0 saturated carbocycles. The van der Waals surface area contributed by atoms with E-state index in [9.17, 15) is 5.02 Å². The topological polar surface area (TPSA) is 42.6 Å². The summed E-state index contributed by atoms with van der Waals surface area (Å²) in [5.41, 5.74) is 0.652. The van der Waals surface area contributed by atoms with Crippen molar-refractivity contribution in [1.29, 1.82) is 0 Å². The van der Waals surface area contributed by atoms with Gasteiger partial charge in [-0.1, -0.05) is 0 Å². The minimum Gasteiger partial charge on any atom is -0.473 e. The highest BCUT2D eigenvalue weighted by Gasteiger charge is 2.18. The van der Waals surface area contributed by atoms with Crippen molar-refractivity contribution in [3.63, 3.8) is 0 Å². The van der Waals surface area contributed by atoms with Crippen LogP contribution in [0.5, 0.6) is 0 Å². The lowest BCUT2D eigenvalue weighted by molar-refractivity contribution is 0.207. The van der Waals surface area contributed by atoms with E-state index >= 15 is 0 Å². The monoisotopic (exact) mass is 154 g/mol. The van der Waals surface area contributed by atoms with Gasteiger partial charge in [-0.05, 0) is 19.9 Å². The molecule has 1 N–H and O–H groups in total. The van der Waals surface area contributed by atoms with Crippen molar-refractivity contribution in [2.75, 3.05) is 0 Å². The lowest BCUT2D eigenvalue weighted by Crippen LogP contribution is -2.34. The zero-order valence-corrected chi connectivity index (χ0v) is 6.65. The molecule has 0 aliphatic carbocycles. The Balaban J connectivity index is 2.49. The van der Waals surface area contributed by atoms with Crippen molar-refractivity contribution >= 4 is 12.6 Å². The van der Waals surface area contributed by atoms with Gasteiger partial charge >= 0.3 is 7.12 Å². The molecule has 0 aliphatic heterocycles. The summed E-state index contributed by atoms with van der Waals surface area (Å²) in [7, 11) is -0.867. The molecule has 0 aliphatic rings. The lowest BCUT2D eigenvalue weighted by Gasteiger charge is -2.08. The van der Waals surface area contributed by atoms with Gasteiger partial charge in [0.2, 0.25) is 0 Å². The smallest absolute Gasteiger partial charge is 0.473 e. The van der Waals surface area contributed by atoms with E-state index in [1.54, 1.807) is 6.07 Å². The molecule has 1 aromatic rings. The molecule has 0 bridgehead atoms. The van der Waals surface area contributed by atoms with Crippen LogP contribution in [0.15, 0.2) is 23.0 Å². The molecule has 0 aromatic carbocycles. The minimum absolute atomic E-state index is 0.0138. The lowest BCUT2D eigenvalue weighted by atomic mass is 9.82. The summed E-state index contributed by atoms with van der Waals surface area (Å²) in [6.45, 7) is 3.73. The Morgan fingerprint density at radius 3 is 2.82 bits per heavy atom. The average Bonchev–Trinajstić information content (AvgIpc) is 2.35. The van der Waals surface area contributed by atoms with Crippen molar-refractivity contribution in [1.82, 2.24) is 0 Å². The molecular formula is C7H11BO3. The summed E-state index contributed by atoms with van der Waals surface area (Å²) in [4.78, 5) is 0. The Hall–Kier alpha value is -0.735. The Morgan fingerprint density at radius 2 is 2.36 bits per heavy atom. The maximum atomic E-state index is 9.30. The normalized spacial score (nSPS) is 10.5. The van der Waals surface area contributed by atoms with Crippen LogP contribution in [0.2, 0.25) is 0 Å². The van der Waals surface area contributed by atoms with Crippen LogP contribution in [-0.4, -0.2) is 18.2 Å². The molecule has 11 heavy (non-hydrogen) atoms. The van der Waals surface area contributed by atoms with Crippen LogP contribution in [-0.2, 0) is 4.65 Å². The van der Waals surface area contributed by atoms with Crippen molar-refractivity contribution in [3.8, 4) is 0 Å². The number of furan rings is 1. The second kappa shape index (κ2) is 3.60. The third-order valence-corrected chi connectivity index (χ3v) is 1.23. The highest BCUT2D eigenvalue weighted by molar-refractivity contribution is 6.59. The average molecular weight is 154 g/mol. The van der Waals surface area contributed by atoms with Crippen LogP contribution < -0.4 is 5.46 Å². The van der Waals surface area contributed by atoms with Crippen LogP contribution >= 0.6 is 0 Å². The van der Waals surface area contributed by atoms with Gasteiger partial charge in [-0.2, -0.15) is 0 Å². The van der Waals surface area contributed by atoms with Crippen molar-refractivity contribution in [2.24, 2.45) is 0 Å². The standard InChI is InChI=1S/C7H11BO3/c1-6(2)11-8(9)7-3-4-10-5-7/h3-6,9H,1-2H3. The van der Waals surface area contributed by atoms with Crippen molar-refractivity contribution in [2.45, 2.75) is 20.0 Å². The SMILES string of the molecule is CC(C)OB(O)c1ccoc1. The summed E-state index contributed by atoms with van der Waals surface area (Å²) in [6.07, 6.45) is 2.98. The summed E-state index contributed by atoms with van der Waals surface area (Å²) in [5, 5.41) is 9.30. The molecule has 0 fully saturated rings. The second-order valence-electron chi connectivity index (χ2n) is 2.59. The third kappa shape index (κ3) is 2.40. The number of hydrogen-bond donors (Lipinski definition) is 1. The maximum absolute atomic E-state index is 9.30. The predicted molar refractivity (Wildman–Crippen MR) is 42.5 cm³/mol. The van der Waals surface area contributed by atoms with Crippen LogP contribution in [0, 0.1) is 0 Å². The van der Waals surface area contributed by atoms with E-state index < -0.39 is 7.12 Å². The molecule has 60 valence electrons. The van der Waals surface area contributed by atoms with Gasteiger partial charge in [0.1, 0.15) is 0 Å². The Morgan fingerprint density at radius 1 is 1.64 bits per heavy atom. The van der Waals surface area contributed by atoms with Gasteiger partial charge in [-0.15, -0.1) is 0 Å². The Bertz CT molecular complexity index is 195. The fraction of sp³-hybridized carbons (Fsp3) is 0.429. The predicted octanol–water partition coefficient (Wildman–Crippen LogP) is 0.392. The third-order valence-electron chi connectivity index (χ3n) is 1.23. The highest BCUT2D eigenvalue weighted by atomic mass is 16.5. The zero-order valence-electron chi connectivity index (χ0n) is 6.65. The molecule has 3 nitrogen and oxygen atoms in total. The zero-order chi connectivity index (χ0) is 8.27. The molecule has 0 atom stereocenters. The first-order valence-corrected chi connectivity index (χ1v) is 3.56. The molecule has 0 amide bonds. The summed E-state index contributed by atoms with van der Waals surface area (Å²) < 4.78 is 9.87. The molecule has 1 rings (SSSR count). The van der Waals surface area contributed by atoms with E-state index in [-0.39, 0.29) is 6.10 Å². The molecular weight excluding hydrogens is 143 g/mol. The van der Waals surface area contributed by atoms with Gasteiger partial charge in [0, 0.05) is 11.6 Å². The van der Waals surface area contributed by atoms with Crippen LogP contribution in [0.4, 0.5) is 0 Å². The number of rotatable bonds is 3. The summed E-state index contributed by atoms with van der Waals surface area (Å²) in [5.74, 6) is 0. The van der Waals surface area contributed by atoms with Crippen LogP contribution in [0.3, 0.4) is 0 Å². The van der Waals surface area contributed by atoms with E-state index in [0.29, 0.717) is 5.46 Å². The number of hydrogen-bond acceptors (Lipinski definition) is 3. The first kappa shape index (κ1) is 8.36. The maximum Gasteiger partial charge on any atom is 0.494 e. The second-order valence-corrected chi connectivity index (χ2v) is 2.59. The van der Waals surface area contributed by atoms with Crippen LogP contribution in [0.25, 0.3) is 0 Å². The molecule has 1 heterocycles. The largest absolute Gasteiger partial charge is 0.494 e. The van der Waals surface area contributed by atoms with E-state index in [2.05, 4.69) is 0 Å². The summed E-state index contributed by atoms with van der Waals surface area (Å²) >= 11 is 0.